The first-order chi connectivity index (χ1) is 3.81. The van der Waals surface area contributed by atoms with Crippen LogP contribution in [0.4, 0.5) is 0 Å². The number of halogens is 1. The van der Waals surface area contributed by atoms with Gasteiger partial charge in [-0.15, -0.1) is 0 Å². The summed E-state index contributed by atoms with van der Waals surface area (Å²) in [6, 6.07) is 0. The zero-order chi connectivity index (χ0) is 6.41. The molecule has 0 bridgehead atoms. The lowest BCUT2D eigenvalue weighted by molar-refractivity contribution is -0.104. The van der Waals surface area contributed by atoms with E-state index in [1.165, 1.54) is 0 Å². The maximum Gasteiger partial charge on any atom is 0.143 e. The van der Waals surface area contributed by atoms with Crippen molar-refractivity contribution < 1.29 is 4.79 Å². The van der Waals surface area contributed by atoms with E-state index in [4.69, 9.17) is 0 Å². The van der Waals surface area contributed by atoms with Crippen LogP contribution < -0.4 is 0 Å². The predicted octanol–water partition coefficient (Wildman–Crippen LogP) is 2.30. The van der Waals surface area contributed by atoms with E-state index in [-0.39, 0.29) is 0 Å². The third kappa shape index (κ3) is 4.30. The minimum atomic E-state index is 0.831. The third-order valence-corrected chi connectivity index (χ3v) is 1.64. The lowest BCUT2D eigenvalue weighted by atomic mass is 10.3. The van der Waals surface area contributed by atoms with E-state index in [0.717, 1.165) is 22.7 Å². The van der Waals surface area contributed by atoms with E-state index in [9.17, 15) is 4.79 Å². The molecule has 0 saturated heterocycles. The summed E-state index contributed by atoms with van der Waals surface area (Å²) in [6.07, 6.45) is 4.57. The summed E-state index contributed by atoms with van der Waals surface area (Å²) in [5.41, 5.74) is 0. The highest BCUT2D eigenvalue weighted by molar-refractivity contribution is 14.1. The molecule has 0 amide bonds. The lowest BCUT2D eigenvalue weighted by Crippen LogP contribution is -1.70. The fourth-order valence-electron chi connectivity index (χ4n) is 0.396. The number of aldehydes is 1. The molecule has 0 rings (SSSR count). The van der Waals surface area contributed by atoms with Gasteiger partial charge in [-0.3, -0.25) is 4.79 Å². The Morgan fingerprint density at radius 2 is 2.38 bits per heavy atom. The van der Waals surface area contributed by atoms with Crippen LogP contribution in [0.1, 0.15) is 19.8 Å². The Morgan fingerprint density at radius 3 is 2.75 bits per heavy atom. The molecule has 0 saturated carbocycles. The van der Waals surface area contributed by atoms with Gasteiger partial charge >= 0.3 is 0 Å². The van der Waals surface area contributed by atoms with Gasteiger partial charge in [-0.25, -0.2) is 0 Å². The largest absolute Gasteiger partial charge is 0.299 e. The Hall–Kier alpha value is 0.140. The standard InChI is InChI=1S/C6H9IO/c1-2-3-6(7)4-5-8/h4-5H,2-3H2,1H3/b6-4-. The maximum atomic E-state index is 9.81. The smallest absolute Gasteiger partial charge is 0.143 e. The second-order valence-electron chi connectivity index (χ2n) is 1.50. The predicted molar refractivity (Wildman–Crippen MR) is 43.1 cm³/mol. The first kappa shape index (κ1) is 8.14. The fourth-order valence-corrected chi connectivity index (χ4v) is 1.08. The van der Waals surface area contributed by atoms with Gasteiger partial charge in [-0.05, 0) is 38.7 Å². The zero-order valence-electron chi connectivity index (χ0n) is 4.86. The van der Waals surface area contributed by atoms with Crippen LogP contribution in [0.3, 0.4) is 0 Å². The monoisotopic (exact) mass is 224 g/mol. The van der Waals surface area contributed by atoms with Gasteiger partial charge in [0.1, 0.15) is 6.29 Å². The molecule has 0 aliphatic carbocycles. The molecular weight excluding hydrogens is 215 g/mol. The summed E-state index contributed by atoms with van der Waals surface area (Å²) in [4.78, 5) is 9.81. The Morgan fingerprint density at radius 1 is 1.75 bits per heavy atom. The van der Waals surface area contributed by atoms with Gasteiger partial charge in [0.15, 0.2) is 0 Å². The minimum absolute atomic E-state index is 0.831. The van der Waals surface area contributed by atoms with E-state index in [1.54, 1.807) is 6.08 Å². The Kier molecular flexibility index (Phi) is 5.37. The second kappa shape index (κ2) is 5.28. The van der Waals surface area contributed by atoms with Crippen molar-refractivity contribution in [1.82, 2.24) is 0 Å². The van der Waals surface area contributed by atoms with Crippen molar-refractivity contribution in [1.29, 1.82) is 0 Å². The molecule has 0 N–H and O–H groups in total. The van der Waals surface area contributed by atoms with E-state index in [1.807, 2.05) is 0 Å². The highest BCUT2D eigenvalue weighted by Gasteiger charge is 1.84. The zero-order valence-corrected chi connectivity index (χ0v) is 7.01. The molecule has 0 spiro atoms. The molecule has 1 nitrogen and oxygen atoms in total. The number of carbonyl (C=O) groups is 1. The molecule has 46 valence electrons. The van der Waals surface area contributed by atoms with Crippen molar-refractivity contribution in [2.45, 2.75) is 19.8 Å². The molecule has 0 aliphatic rings. The Bertz CT molecular complexity index is 96.7. The number of hydrogen-bond donors (Lipinski definition) is 0. The fraction of sp³-hybridized carbons (Fsp3) is 0.500. The Balaban J connectivity index is 3.44. The Labute approximate surface area is 63.3 Å². The highest BCUT2D eigenvalue weighted by atomic mass is 127. The van der Waals surface area contributed by atoms with Crippen molar-refractivity contribution in [3.8, 4) is 0 Å². The van der Waals surface area contributed by atoms with Crippen LogP contribution in [-0.2, 0) is 4.79 Å². The molecule has 0 aliphatic heterocycles. The van der Waals surface area contributed by atoms with Crippen LogP contribution in [0.15, 0.2) is 9.66 Å². The van der Waals surface area contributed by atoms with Crippen LogP contribution in [0.5, 0.6) is 0 Å². The molecule has 0 aromatic rings. The van der Waals surface area contributed by atoms with Crippen molar-refractivity contribution in [3.05, 3.63) is 9.66 Å². The van der Waals surface area contributed by atoms with Gasteiger partial charge in [-0.2, -0.15) is 0 Å². The number of allylic oxidation sites excluding steroid dienone is 2. The van der Waals surface area contributed by atoms with E-state index >= 15 is 0 Å². The van der Waals surface area contributed by atoms with Gasteiger partial charge in [-0.1, -0.05) is 13.3 Å². The lowest BCUT2D eigenvalue weighted by Gasteiger charge is -1.88. The topological polar surface area (TPSA) is 17.1 Å². The van der Waals surface area contributed by atoms with Gasteiger partial charge in [0.25, 0.3) is 0 Å². The molecule has 0 atom stereocenters. The summed E-state index contributed by atoms with van der Waals surface area (Å²) in [5.74, 6) is 0. The average Bonchev–Trinajstić information content (AvgIpc) is 1.68. The van der Waals surface area contributed by atoms with Crippen molar-refractivity contribution in [2.75, 3.05) is 0 Å². The number of hydrogen-bond acceptors (Lipinski definition) is 1. The van der Waals surface area contributed by atoms with Crippen LogP contribution in [0.2, 0.25) is 0 Å². The summed E-state index contributed by atoms with van der Waals surface area (Å²) >= 11 is 2.17. The second-order valence-corrected chi connectivity index (χ2v) is 2.89. The summed E-state index contributed by atoms with van der Waals surface area (Å²) in [7, 11) is 0. The number of rotatable bonds is 3. The molecule has 0 fully saturated rings. The highest BCUT2D eigenvalue weighted by Crippen LogP contribution is 2.11. The molecule has 0 unspecified atom stereocenters. The quantitative estimate of drug-likeness (QED) is 0.408. The summed E-state index contributed by atoms with van der Waals surface area (Å²) in [5, 5.41) is 0. The van der Waals surface area contributed by atoms with Crippen molar-refractivity contribution in [3.63, 3.8) is 0 Å². The molecule has 2 heteroatoms. The van der Waals surface area contributed by atoms with Crippen LogP contribution in [-0.4, -0.2) is 6.29 Å². The van der Waals surface area contributed by atoms with E-state index in [0.29, 0.717) is 0 Å². The maximum absolute atomic E-state index is 9.81. The minimum Gasteiger partial charge on any atom is -0.299 e. The van der Waals surface area contributed by atoms with Crippen molar-refractivity contribution >= 4 is 28.9 Å². The van der Waals surface area contributed by atoms with Gasteiger partial charge in [0, 0.05) is 0 Å². The van der Waals surface area contributed by atoms with E-state index < -0.39 is 0 Å². The molecule has 0 radical (unpaired) electrons. The first-order valence-electron chi connectivity index (χ1n) is 2.61. The average molecular weight is 224 g/mol. The summed E-state index contributed by atoms with van der Waals surface area (Å²) < 4.78 is 1.14. The van der Waals surface area contributed by atoms with Crippen LogP contribution in [0.25, 0.3) is 0 Å². The summed E-state index contributed by atoms with van der Waals surface area (Å²) in [6.45, 7) is 2.09. The third-order valence-electron chi connectivity index (χ3n) is 0.738. The first-order valence-corrected chi connectivity index (χ1v) is 3.69. The van der Waals surface area contributed by atoms with Gasteiger partial charge < -0.3 is 0 Å². The van der Waals surface area contributed by atoms with E-state index in [2.05, 4.69) is 29.5 Å². The van der Waals surface area contributed by atoms with Crippen molar-refractivity contribution in [2.24, 2.45) is 0 Å². The normalized spacial score (nSPS) is 11.5. The van der Waals surface area contributed by atoms with Gasteiger partial charge in [0.2, 0.25) is 0 Å². The van der Waals surface area contributed by atoms with Crippen LogP contribution in [0, 0.1) is 0 Å². The number of carbonyl (C=O) groups excluding carboxylic acids is 1. The SMILES string of the molecule is CCC/C(I)=C/C=O. The molecule has 0 aromatic carbocycles. The van der Waals surface area contributed by atoms with Gasteiger partial charge in [0.05, 0.1) is 0 Å². The molecule has 0 heterocycles. The van der Waals surface area contributed by atoms with Crippen LogP contribution >= 0.6 is 22.6 Å². The molecular formula is C6H9IO. The molecule has 0 aromatic heterocycles. The molecule has 8 heavy (non-hydrogen) atoms.